The van der Waals surface area contributed by atoms with Crippen LogP contribution in [0.2, 0.25) is 0 Å². The number of piperidine rings is 1. The molecule has 16 heavy (non-hydrogen) atoms. The Balaban J connectivity index is 1.75. The standard InChI is InChI=1S/C12H25N3O/c1-11-10-15(8-9-16-11)12-2-5-14(6-3-12)7-4-13/h11-12H,2-10,13H2,1H3. The average Bonchev–Trinajstić information content (AvgIpc) is 2.30. The molecule has 0 bridgehead atoms. The molecule has 0 aromatic rings. The van der Waals surface area contributed by atoms with Crippen molar-refractivity contribution < 1.29 is 4.74 Å². The summed E-state index contributed by atoms with van der Waals surface area (Å²) in [6.07, 6.45) is 3.01. The minimum absolute atomic E-state index is 0.413. The minimum Gasteiger partial charge on any atom is -0.376 e. The van der Waals surface area contributed by atoms with E-state index < -0.39 is 0 Å². The number of nitrogens with two attached hydrogens (primary N) is 1. The summed E-state index contributed by atoms with van der Waals surface area (Å²) < 4.78 is 5.59. The third-order valence-corrected chi connectivity index (χ3v) is 3.79. The van der Waals surface area contributed by atoms with E-state index in [2.05, 4.69) is 16.7 Å². The normalized spacial score (nSPS) is 30.8. The summed E-state index contributed by atoms with van der Waals surface area (Å²) in [6.45, 7) is 9.60. The van der Waals surface area contributed by atoms with Crippen LogP contribution in [0.25, 0.3) is 0 Å². The van der Waals surface area contributed by atoms with Gasteiger partial charge in [-0.15, -0.1) is 0 Å². The highest BCUT2D eigenvalue weighted by molar-refractivity contribution is 4.82. The number of ether oxygens (including phenoxy) is 1. The minimum atomic E-state index is 0.413. The molecule has 0 saturated carbocycles. The Hall–Kier alpha value is -0.160. The molecule has 1 atom stereocenters. The summed E-state index contributed by atoms with van der Waals surface area (Å²) in [5, 5.41) is 0. The molecule has 2 saturated heterocycles. The maximum Gasteiger partial charge on any atom is 0.0674 e. The number of hydrogen-bond donors (Lipinski definition) is 1. The van der Waals surface area contributed by atoms with E-state index in [9.17, 15) is 0 Å². The van der Waals surface area contributed by atoms with Crippen LogP contribution in [-0.2, 0) is 4.74 Å². The van der Waals surface area contributed by atoms with Gasteiger partial charge in [-0.25, -0.2) is 0 Å². The molecular weight excluding hydrogens is 202 g/mol. The summed E-state index contributed by atoms with van der Waals surface area (Å²) in [6, 6.07) is 0.778. The molecule has 1 unspecified atom stereocenters. The molecule has 2 aliphatic rings. The molecule has 4 heteroatoms. The number of morpholine rings is 1. The molecule has 94 valence electrons. The lowest BCUT2D eigenvalue weighted by Crippen LogP contribution is -2.51. The Morgan fingerprint density at radius 2 is 2.00 bits per heavy atom. The summed E-state index contributed by atoms with van der Waals surface area (Å²) in [5.41, 5.74) is 5.59. The first-order valence-corrected chi connectivity index (χ1v) is 6.57. The van der Waals surface area contributed by atoms with Gasteiger partial charge in [0.2, 0.25) is 0 Å². The van der Waals surface area contributed by atoms with Gasteiger partial charge in [0.15, 0.2) is 0 Å². The van der Waals surface area contributed by atoms with Gasteiger partial charge in [0.05, 0.1) is 12.7 Å². The molecule has 4 nitrogen and oxygen atoms in total. The van der Waals surface area contributed by atoms with Crippen molar-refractivity contribution in [3.8, 4) is 0 Å². The third-order valence-electron chi connectivity index (χ3n) is 3.79. The van der Waals surface area contributed by atoms with Crippen LogP contribution in [0.1, 0.15) is 19.8 Å². The van der Waals surface area contributed by atoms with Gasteiger partial charge in [0, 0.05) is 32.2 Å². The molecule has 2 rings (SSSR count). The van der Waals surface area contributed by atoms with Crippen LogP contribution in [-0.4, -0.2) is 67.8 Å². The van der Waals surface area contributed by atoms with Crippen LogP contribution < -0.4 is 5.73 Å². The highest BCUT2D eigenvalue weighted by Crippen LogP contribution is 2.18. The van der Waals surface area contributed by atoms with Crippen molar-refractivity contribution in [1.82, 2.24) is 9.80 Å². The number of hydrogen-bond acceptors (Lipinski definition) is 4. The van der Waals surface area contributed by atoms with Crippen LogP contribution in [0.4, 0.5) is 0 Å². The smallest absolute Gasteiger partial charge is 0.0674 e. The topological polar surface area (TPSA) is 41.7 Å². The van der Waals surface area contributed by atoms with Crippen molar-refractivity contribution in [1.29, 1.82) is 0 Å². The maximum atomic E-state index is 5.59. The van der Waals surface area contributed by atoms with Gasteiger partial charge in [0.1, 0.15) is 0 Å². The largest absolute Gasteiger partial charge is 0.376 e. The number of rotatable bonds is 3. The second-order valence-corrected chi connectivity index (χ2v) is 5.04. The van der Waals surface area contributed by atoms with Gasteiger partial charge < -0.3 is 15.4 Å². The van der Waals surface area contributed by atoms with Crippen LogP contribution in [0.3, 0.4) is 0 Å². The summed E-state index contributed by atoms with van der Waals surface area (Å²) in [7, 11) is 0. The van der Waals surface area contributed by atoms with E-state index in [1.165, 1.54) is 25.9 Å². The molecule has 0 aliphatic carbocycles. The molecule has 0 radical (unpaired) electrons. The van der Waals surface area contributed by atoms with Crippen LogP contribution in [0.5, 0.6) is 0 Å². The zero-order chi connectivity index (χ0) is 11.4. The Labute approximate surface area is 98.7 Å². The van der Waals surface area contributed by atoms with Crippen molar-refractivity contribution in [3.63, 3.8) is 0 Å². The fraction of sp³-hybridized carbons (Fsp3) is 1.00. The van der Waals surface area contributed by atoms with Crippen LogP contribution >= 0.6 is 0 Å². The van der Waals surface area contributed by atoms with Crippen molar-refractivity contribution in [3.05, 3.63) is 0 Å². The van der Waals surface area contributed by atoms with Crippen LogP contribution in [0, 0.1) is 0 Å². The van der Waals surface area contributed by atoms with Crippen LogP contribution in [0.15, 0.2) is 0 Å². The summed E-state index contributed by atoms with van der Waals surface area (Å²) >= 11 is 0. The molecule has 2 aliphatic heterocycles. The third kappa shape index (κ3) is 3.17. The quantitative estimate of drug-likeness (QED) is 0.744. The lowest BCUT2D eigenvalue weighted by atomic mass is 10.0. The van der Waals surface area contributed by atoms with E-state index >= 15 is 0 Å². The SMILES string of the molecule is CC1CN(C2CCN(CCN)CC2)CCO1. The molecule has 2 N–H and O–H groups in total. The highest BCUT2D eigenvalue weighted by atomic mass is 16.5. The fourth-order valence-corrected chi connectivity index (χ4v) is 2.87. The van der Waals surface area contributed by atoms with Gasteiger partial charge in [-0.1, -0.05) is 0 Å². The number of likely N-dealkylation sites (tertiary alicyclic amines) is 1. The van der Waals surface area contributed by atoms with Crippen molar-refractivity contribution in [2.24, 2.45) is 5.73 Å². The van der Waals surface area contributed by atoms with Crippen molar-refractivity contribution in [2.75, 3.05) is 45.9 Å². The van der Waals surface area contributed by atoms with E-state index in [0.717, 1.165) is 38.8 Å². The zero-order valence-corrected chi connectivity index (χ0v) is 10.4. The van der Waals surface area contributed by atoms with Gasteiger partial charge in [-0.3, -0.25) is 4.90 Å². The monoisotopic (exact) mass is 227 g/mol. The highest BCUT2D eigenvalue weighted by Gasteiger charge is 2.27. The van der Waals surface area contributed by atoms with Gasteiger partial charge in [-0.2, -0.15) is 0 Å². The van der Waals surface area contributed by atoms with E-state index in [1.54, 1.807) is 0 Å². The van der Waals surface area contributed by atoms with E-state index in [0.29, 0.717) is 6.10 Å². The molecule has 2 heterocycles. The fourth-order valence-electron chi connectivity index (χ4n) is 2.87. The lowest BCUT2D eigenvalue weighted by molar-refractivity contribution is -0.0432. The summed E-state index contributed by atoms with van der Waals surface area (Å²) in [4.78, 5) is 5.11. The zero-order valence-electron chi connectivity index (χ0n) is 10.4. The van der Waals surface area contributed by atoms with Gasteiger partial charge in [-0.05, 0) is 32.9 Å². The maximum absolute atomic E-state index is 5.59. The Morgan fingerprint density at radius 1 is 1.25 bits per heavy atom. The van der Waals surface area contributed by atoms with E-state index in [4.69, 9.17) is 10.5 Å². The Bertz CT molecular complexity index is 204. The lowest BCUT2D eigenvalue weighted by Gasteiger charge is -2.41. The van der Waals surface area contributed by atoms with E-state index in [1.807, 2.05) is 0 Å². The van der Waals surface area contributed by atoms with Gasteiger partial charge in [0.25, 0.3) is 0 Å². The van der Waals surface area contributed by atoms with Crippen molar-refractivity contribution in [2.45, 2.75) is 31.9 Å². The predicted octanol–water partition coefficient (Wildman–Crippen LogP) is 0.130. The molecule has 2 fully saturated rings. The Morgan fingerprint density at radius 3 is 2.62 bits per heavy atom. The Kier molecular flexibility index (Phi) is 4.58. The first kappa shape index (κ1) is 12.3. The van der Waals surface area contributed by atoms with E-state index in [-0.39, 0.29) is 0 Å². The molecule has 0 amide bonds. The predicted molar refractivity (Wildman–Crippen MR) is 65.5 cm³/mol. The molecule has 0 aromatic carbocycles. The van der Waals surface area contributed by atoms with Crippen molar-refractivity contribution >= 4 is 0 Å². The molecule has 0 spiro atoms. The first-order chi connectivity index (χ1) is 7.79. The second-order valence-electron chi connectivity index (χ2n) is 5.04. The molecular formula is C12H25N3O. The number of nitrogens with zero attached hydrogens (tertiary/aromatic N) is 2. The second kappa shape index (κ2) is 5.96. The molecule has 0 aromatic heterocycles. The average molecular weight is 227 g/mol. The first-order valence-electron chi connectivity index (χ1n) is 6.57. The summed E-state index contributed by atoms with van der Waals surface area (Å²) in [5.74, 6) is 0. The van der Waals surface area contributed by atoms with Gasteiger partial charge >= 0.3 is 0 Å².